The molecule has 0 aliphatic carbocycles. The van der Waals surface area contributed by atoms with Crippen LogP contribution in [0.3, 0.4) is 0 Å². The van der Waals surface area contributed by atoms with Crippen LogP contribution in [0.2, 0.25) is 0 Å². The molecule has 4 saturated heterocycles. The van der Waals surface area contributed by atoms with Gasteiger partial charge in [0.1, 0.15) is 23.6 Å². The molecule has 4 aliphatic heterocycles. The van der Waals surface area contributed by atoms with Gasteiger partial charge >= 0.3 is 6.09 Å². The van der Waals surface area contributed by atoms with Gasteiger partial charge in [0, 0.05) is 17.7 Å². The smallest absolute Gasteiger partial charge is 0.410 e. The first-order chi connectivity index (χ1) is 16.9. The first kappa shape index (κ1) is 25.6. The molecule has 7 nitrogen and oxygen atoms in total. The normalized spacial score (nSPS) is 25.9. The molecule has 4 heterocycles. The van der Waals surface area contributed by atoms with Crippen LogP contribution in [0, 0.1) is 11.6 Å². The molecule has 1 amide bonds. The molecule has 0 radical (unpaired) electrons. The van der Waals surface area contributed by atoms with Gasteiger partial charge in [-0.3, -0.25) is 4.90 Å². The Morgan fingerprint density at radius 2 is 1.81 bits per heavy atom. The first-order valence-corrected chi connectivity index (χ1v) is 12.7. The fraction of sp³-hybridized carbons (Fsp3) is 0.731. The van der Waals surface area contributed by atoms with Crippen molar-refractivity contribution < 1.29 is 36.9 Å². The molecule has 0 bridgehead atoms. The Morgan fingerprint density at radius 3 is 2.42 bits per heavy atom. The second-order valence-corrected chi connectivity index (χ2v) is 11.7. The van der Waals surface area contributed by atoms with Crippen LogP contribution in [-0.2, 0) is 14.2 Å². The number of amides is 1. The highest BCUT2D eigenvalue weighted by atomic mass is 19.2. The van der Waals surface area contributed by atoms with Crippen molar-refractivity contribution in [3.63, 3.8) is 0 Å². The van der Waals surface area contributed by atoms with E-state index < -0.39 is 22.9 Å². The van der Waals surface area contributed by atoms with E-state index in [9.17, 15) is 18.0 Å². The van der Waals surface area contributed by atoms with E-state index in [4.69, 9.17) is 18.9 Å². The molecule has 1 spiro atoms. The minimum Gasteiger partial charge on any atom is -0.490 e. The third kappa shape index (κ3) is 5.31. The Kier molecular flexibility index (Phi) is 6.66. The number of rotatable bonds is 5. The van der Waals surface area contributed by atoms with Gasteiger partial charge in [-0.2, -0.15) is 0 Å². The van der Waals surface area contributed by atoms with Gasteiger partial charge in [-0.1, -0.05) is 0 Å². The number of likely N-dealkylation sites (tertiary alicyclic amines) is 2. The summed E-state index contributed by atoms with van der Waals surface area (Å²) >= 11 is 0. The molecule has 0 N–H and O–H groups in total. The number of carbonyl (C=O) groups excluding carboxylic acids is 1. The third-order valence-corrected chi connectivity index (χ3v) is 7.55. The maximum Gasteiger partial charge on any atom is 0.410 e. The predicted octanol–water partition coefficient (Wildman–Crippen LogP) is 4.04. The number of benzene rings is 1. The van der Waals surface area contributed by atoms with Gasteiger partial charge in [-0.05, 0) is 65.1 Å². The Bertz CT molecular complexity index is 983. The van der Waals surface area contributed by atoms with Crippen molar-refractivity contribution in [3.05, 3.63) is 29.3 Å². The van der Waals surface area contributed by atoms with Crippen molar-refractivity contribution in [1.82, 2.24) is 9.80 Å². The lowest BCUT2D eigenvalue weighted by atomic mass is 9.86. The molecule has 1 aromatic rings. The lowest BCUT2D eigenvalue weighted by Gasteiger charge is -2.47. The zero-order valence-electron chi connectivity index (χ0n) is 21.2. The number of nitrogens with zero attached hydrogens (tertiary/aromatic N) is 2. The number of hydrogen-bond donors (Lipinski definition) is 0. The van der Waals surface area contributed by atoms with E-state index >= 15 is 0 Å². The summed E-state index contributed by atoms with van der Waals surface area (Å²) in [6.07, 6.45) is 2.03. The Hall–Kier alpha value is -2.04. The molecule has 200 valence electrons. The molecule has 0 aromatic heterocycles. The highest BCUT2D eigenvalue weighted by molar-refractivity contribution is 5.69. The van der Waals surface area contributed by atoms with Crippen molar-refractivity contribution >= 4 is 6.09 Å². The van der Waals surface area contributed by atoms with Gasteiger partial charge in [0.05, 0.1) is 32.9 Å². The summed E-state index contributed by atoms with van der Waals surface area (Å²) in [4.78, 5) is 16.3. The number of piperidine rings is 1. The van der Waals surface area contributed by atoms with Gasteiger partial charge in [-0.15, -0.1) is 0 Å². The Labute approximate surface area is 209 Å². The van der Waals surface area contributed by atoms with E-state index in [-0.39, 0.29) is 49.2 Å². The molecule has 0 unspecified atom stereocenters. The van der Waals surface area contributed by atoms with Crippen molar-refractivity contribution in [2.24, 2.45) is 0 Å². The fourth-order valence-corrected chi connectivity index (χ4v) is 5.56. The highest BCUT2D eigenvalue weighted by Gasteiger charge is 2.53. The lowest BCUT2D eigenvalue weighted by Crippen LogP contribution is -2.64. The van der Waals surface area contributed by atoms with Gasteiger partial charge in [0.2, 0.25) is 0 Å². The number of hydrogen-bond acceptors (Lipinski definition) is 6. The Morgan fingerprint density at radius 1 is 1.14 bits per heavy atom. The summed E-state index contributed by atoms with van der Waals surface area (Å²) < 4.78 is 64.5. The minimum absolute atomic E-state index is 0.0119. The maximum absolute atomic E-state index is 14.3. The SMILES string of the molecule is CC(C)(C)OC(=O)N1CC2(C[C@H](N3CCC(c4cc(F)c(F)cc4OCC4(F)COC4)CC3)CO2)C1. The standard InChI is InChI=1S/C26H35F3N2O5/c1-24(2,3)36-23(32)31-12-26(13-31)10-18(11-35-26)30-6-4-17(5-7-30)19-8-20(27)21(28)9-22(19)34-16-25(29)14-33-15-25/h8-9,17-18H,4-7,10-16H2,1-3H3/t18-/m0/s1. The van der Waals surface area contributed by atoms with Gasteiger partial charge in [0.25, 0.3) is 0 Å². The summed E-state index contributed by atoms with van der Waals surface area (Å²) in [6.45, 7) is 8.44. The number of halogens is 3. The zero-order chi connectivity index (χ0) is 25.7. The molecule has 1 aromatic carbocycles. The van der Waals surface area contributed by atoms with E-state index in [1.165, 1.54) is 6.07 Å². The van der Waals surface area contributed by atoms with Crippen molar-refractivity contribution in [2.75, 3.05) is 52.6 Å². The largest absolute Gasteiger partial charge is 0.490 e. The molecular weight excluding hydrogens is 477 g/mol. The lowest BCUT2D eigenvalue weighted by molar-refractivity contribution is -0.146. The van der Waals surface area contributed by atoms with Gasteiger partial charge < -0.3 is 23.8 Å². The average Bonchev–Trinajstić information content (AvgIpc) is 3.22. The van der Waals surface area contributed by atoms with Gasteiger partial charge in [-0.25, -0.2) is 18.0 Å². The minimum atomic E-state index is -1.58. The van der Waals surface area contributed by atoms with E-state index in [1.807, 2.05) is 20.8 Å². The summed E-state index contributed by atoms with van der Waals surface area (Å²) in [5, 5.41) is 0. The number of carbonyl (C=O) groups is 1. The second kappa shape index (κ2) is 9.36. The van der Waals surface area contributed by atoms with Crippen LogP contribution in [0.5, 0.6) is 5.75 Å². The van der Waals surface area contributed by atoms with Crippen LogP contribution >= 0.6 is 0 Å². The maximum atomic E-state index is 14.3. The highest BCUT2D eigenvalue weighted by Crippen LogP contribution is 2.41. The summed E-state index contributed by atoms with van der Waals surface area (Å²) in [5.74, 6) is -1.73. The molecule has 4 aliphatic rings. The van der Waals surface area contributed by atoms with Crippen LogP contribution in [-0.4, -0.2) is 91.4 Å². The van der Waals surface area contributed by atoms with Crippen LogP contribution in [0.25, 0.3) is 0 Å². The van der Waals surface area contributed by atoms with Crippen LogP contribution in [0.4, 0.5) is 18.0 Å². The van der Waals surface area contributed by atoms with Crippen molar-refractivity contribution in [1.29, 1.82) is 0 Å². The third-order valence-electron chi connectivity index (χ3n) is 7.55. The topological polar surface area (TPSA) is 60.5 Å². The zero-order valence-corrected chi connectivity index (χ0v) is 21.2. The summed E-state index contributed by atoms with van der Waals surface area (Å²) in [7, 11) is 0. The predicted molar refractivity (Wildman–Crippen MR) is 125 cm³/mol. The van der Waals surface area contributed by atoms with Crippen molar-refractivity contribution in [2.45, 2.75) is 68.9 Å². The molecule has 36 heavy (non-hydrogen) atoms. The summed E-state index contributed by atoms with van der Waals surface area (Å²) in [5.41, 5.74) is -1.83. The van der Waals surface area contributed by atoms with Crippen LogP contribution in [0.1, 0.15) is 51.5 Å². The number of ether oxygens (including phenoxy) is 4. The van der Waals surface area contributed by atoms with Crippen molar-refractivity contribution in [3.8, 4) is 5.75 Å². The Balaban J connectivity index is 1.15. The monoisotopic (exact) mass is 512 g/mol. The molecular formula is C26H35F3N2O5. The summed E-state index contributed by atoms with van der Waals surface area (Å²) in [6, 6.07) is 2.47. The van der Waals surface area contributed by atoms with E-state index in [0.29, 0.717) is 25.3 Å². The molecule has 10 heteroatoms. The second-order valence-electron chi connectivity index (χ2n) is 11.7. The first-order valence-electron chi connectivity index (χ1n) is 12.7. The quantitative estimate of drug-likeness (QED) is 0.594. The van der Waals surface area contributed by atoms with Gasteiger partial charge in [0.15, 0.2) is 17.3 Å². The molecule has 1 atom stereocenters. The molecule has 4 fully saturated rings. The van der Waals surface area contributed by atoms with E-state index in [0.717, 1.165) is 38.4 Å². The van der Waals surface area contributed by atoms with Crippen LogP contribution < -0.4 is 4.74 Å². The average molecular weight is 513 g/mol. The van der Waals surface area contributed by atoms with Crippen LogP contribution in [0.15, 0.2) is 12.1 Å². The van der Waals surface area contributed by atoms with E-state index in [2.05, 4.69) is 4.90 Å². The van der Waals surface area contributed by atoms with E-state index in [1.54, 1.807) is 4.90 Å². The molecule has 5 rings (SSSR count). The number of alkyl halides is 1. The molecule has 0 saturated carbocycles. The fourth-order valence-electron chi connectivity index (χ4n) is 5.56.